The highest BCUT2D eigenvalue weighted by Gasteiger charge is 2.10. The van der Waals surface area contributed by atoms with E-state index in [1.807, 2.05) is 35.7 Å². The van der Waals surface area contributed by atoms with E-state index in [9.17, 15) is 9.59 Å². The fraction of sp³-hybridized carbons (Fsp3) is 0.125. The van der Waals surface area contributed by atoms with Gasteiger partial charge in [-0.05, 0) is 0 Å². The van der Waals surface area contributed by atoms with Crippen molar-refractivity contribution in [3.05, 3.63) is 52.1 Å². The van der Waals surface area contributed by atoms with Crippen LogP contribution >= 0.6 is 23.1 Å². The fourth-order valence-electron chi connectivity index (χ4n) is 1.95. The van der Waals surface area contributed by atoms with Gasteiger partial charge in [0.2, 0.25) is 11.8 Å². The zero-order valence-electron chi connectivity index (χ0n) is 13.2. The highest BCUT2D eigenvalue weighted by Crippen LogP contribution is 2.24. The van der Waals surface area contributed by atoms with Crippen LogP contribution in [0, 0.1) is 0 Å². The van der Waals surface area contributed by atoms with Crippen molar-refractivity contribution in [2.75, 3.05) is 18.2 Å². The number of aromatic nitrogens is 3. The summed E-state index contributed by atoms with van der Waals surface area (Å²) < 4.78 is 4.93. The highest BCUT2D eigenvalue weighted by molar-refractivity contribution is 7.99. The topological polar surface area (TPSA) is 97.0 Å². The molecule has 0 spiro atoms. The summed E-state index contributed by atoms with van der Waals surface area (Å²) >= 11 is 2.47. The smallest absolute Gasteiger partial charge is 0.255 e. The van der Waals surface area contributed by atoms with Gasteiger partial charge in [0.05, 0.1) is 24.6 Å². The van der Waals surface area contributed by atoms with Crippen molar-refractivity contribution in [3.63, 3.8) is 0 Å². The maximum atomic E-state index is 12.1. The summed E-state index contributed by atoms with van der Waals surface area (Å²) in [7, 11) is 1.43. The van der Waals surface area contributed by atoms with Crippen LogP contribution in [0.2, 0.25) is 0 Å². The molecule has 3 rings (SSSR count). The number of nitrogens with one attached hydrogen (secondary N) is 2. The Hall–Kier alpha value is -2.65. The number of hydrogen-bond donors (Lipinski definition) is 2. The van der Waals surface area contributed by atoms with E-state index in [1.165, 1.54) is 24.5 Å². The number of ether oxygens (including phenoxy) is 1. The van der Waals surface area contributed by atoms with Gasteiger partial charge in [-0.15, -0.1) is 11.3 Å². The predicted molar refractivity (Wildman–Crippen MR) is 98.3 cm³/mol. The monoisotopic (exact) mass is 374 g/mol. The molecular formula is C16H14N4O3S2. The van der Waals surface area contributed by atoms with Gasteiger partial charge in [-0.1, -0.05) is 42.1 Å². The van der Waals surface area contributed by atoms with Crippen molar-refractivity contribution in [2.24, 2.45) is 0 Å². The molecule has 0 saturated heterocycles. The maximum absolute atomic E-state index is 12.1. The normalized spacial score (nSPS) is 10.4. The van der Waals surface area contributed by atoms with E-state index in [4.69, 9.17) is 4.74 Å². The second kappa shape index (κ2) is 7.95. The Morgan fingerprint density at radius 3 is 2.88 bits per heavy atom. The second-order valence-corrected chi connectivity index (χ2v) is 6.66. The molecule has 2 aromatic heterocycles. The molecule has 0 aliphatic heterocycles. The Morgan fingerprint density at radius 2 is 2.12 bits per heavy atom. The molecule has 0 bridgehead atoms. The SMILES string of the molecule is COc1cc(=O)[nH]c(SCC(=O)Nc2nc(-c3ccccc3)cs2)n1. The standard InChI is InChI=1S/C16H14N4O3S2/c1-23-14-7-12(21)18-16(20-14)25-9-13(22)19-15-17-11(8-24-15)10-5-3-2-4-6-10/h2-8H,9H2,1H3,(H,17,19,22)(H,18,20,21). The van der Waals surface area contributed by atoms with Crippen LogP contribution < -0.4 is 15.6 Å². The quantitative estimate of drug-likeness (QED) is 0.509. The number of H-pyrrole nitrogens is 1. The molecule has 0 saturated carbocycles. The van der Waals surface area contributed by atoms with Gasteiger partial charge in [-0.2, -0.15) is 4.98 Å². The molecule has 3 aromatic rings. The second-order valence-electron chi connectivity index (χ2n) is 4.83. The summed E-state index contributed by atoms with van der Waals surface area (Å²) in [5, 5.41) is 5.48. The highest BCUT2D eigenvalue weighted by atomic mass is 32.2. The minimum absolute atomic E-state index is 0.0936. The molecule has 2 heterocycles. The van der Waals surface area contributed by atoms with Crippen molar-refractivity contribution in [1.82, 2.24) is 15.0 Å². The van der Waals surface area contributed by atoms with Gasteiger partial charge < -0.3 is 15.0 Å². The third-order valence-electron chi connectivity index (χ3n) is 3.07. The van der Waals surface area contributed by atoms with Crippen LogP contribution in [0.15, 0.2) is 51.7 Å². The van der Waals surface area contributed by atoms with Gasteiger partial charge in [0.1, 0.15) is 0 Å². The minimum Gasteiger partial charge on any atom is -0.481 e. The third-order valence-corrected chi connectivity index (χ3v) is 4.70. The third kappa shape index (κ3) is 4.68. The molecule has 0 aliphatic rings. The van der Waals surface area contributed by atoms with E-state index in [-0.39, 0.29) is 23.1 Å². The zero-order chi connectivity index (χ0) is 17.6. The summed E-state index contributed by atoms with van der Waals surface area (Å²) in [6, 6.07) is 11.0. The summed E-state index contributed by atoms with van der Waals surface area (Å²) in [6.07, 6.45) is 0. The molecule has 25 heavy (non-hydrogen) atoms. The molecule has 0 unspecified atom stereocenters. The Kier molecular flexibility index (Phi) is 5.46. The van der Waals surface area contributed by atoms with E-state index in [2.05, 4.69) is 20.3 Å². The number of methoxy groups -OCH3 is 1. The van der Waals surface area contributed by atoms with Crippen LogP contribution in [-0.2, 0) is 4.79 Å². The molecule has 0 atom stereocenters. The van der Waals surface area contributed by atoms with Crippen LogP contribution in [0.1, 0.15) is 0 Å². The predicted octanol–water partition coefficient (Wildman–Crippen LogP) is 2.63. The number of amides is 1. The number of rotatable bonds is 6. The van der Waals surface area contributed by atoms with Crippen LogP contribution in [0.4, 0.5) is 5.13 Å². The number of anilines is 1. The molecule has 2 N–H and O–H groups in total. The zero-order valence-corrected chi connectivity index (χ0v) is 14.8. The van der Waals surface area contributed by atoms with E-state index < -0.39 is 0 Å². The first-order chi connectivity index (χ1) is 12.1. The van der Waals surface area contributed by atoms with E-state index in [0.29, 0.717) is 10.3 Å². The molecule has 1 aromatic carbocycles. The Labute approximate surface area is 151 Å². The summed E-state index contributed by atoms with van der Waals surface area (Å²) in [6.45, 7) is 0. The van der Waals surface area contributed by atoms with Gasteiger partial charge in [0.25, 0.3) is 5.56 Å². The molecular weight excluding hydrogens is 360 g/mol. The minimum atomic E-state index is -0.331. The number of nitrogens with zero attached hydrogens (tertiary/aromatic N) is 2. The first kappa shape index (κ1) is 17.2. The van der Waals surface area contributed by atoms with E-state index >= 15 is 0 Å². The van der Waals surface area contributed by atoms with Crippen molar-refractivity contribution < 1.29 is 9.53 Å². The van der Waals surface area contributed by atoms with Crippen LogP contribution in [-0.4, -0.2) is 33.7 Å². The van der Waals surface area contributed by atoms with Gasteiger partial charge in [-0.3, -0.25) is 9.59 Å². The lowest BCUT2D eigenvalue weighted by molar-refractivity contribution is -0.113. The Balaban J connectivity index is 1.59. The largest absolute Gasteiger partial charge is 0.481 e. The number of thioether (sulfide) groups is 1. The summed E-state index contributed by atoms with van der Waals surface area (Å²) in [5.74, 6) is 0.0691. The lowest BCUT2D eigenvalue weighted by atomic mass is 10.2. The van der Waals surface area contributed by atoms with Crippen molar-refractivity contribution >= 4 is 34.1 Å². The van der Waals surface area contributed by atoms with Gasteiger partial charge in [0, 0.05) is 10.9 Å². The van der Waals surface area contributed by atoms with E-state index in [0.717, 1.165) is 23.0 Å². The van der Waals surface area contributed by atoms with Gasteiger partial charge in [-0.25, -0.2) is 4.98 Å². The molecule has 0 aliphatic carbocycles. The maximum Gasteiger partial charge on any atom is 0.255 e. The number of carbonyl (C=O) groups is 1. The number of thiazole rings is 1. The lowest BCUT2D eigenvalue weighted by Crippen LogP contribution is -2.15. The van der Waals surface area contributed by atoms with Gasteiger partial charge >= 0.3 is 0 Å². The van der Waals surface area contributed by atoms with Crippen molar-refractivity contribution in [1.29, 1.82) is 0 Å². The number of carbonyl (C=O) groups excluding carboxylic acids is 1. The van der Waals surface area contributed by atoms with Crippen LogP contribution in [0.25, 0.3) is 11.3 Å². The molecule has 1 amide bonds. The molecule has 0 fully saturated rings. The molecule has 0 radical (unpaired) electrons. The average Bonchev–Trinajstić information content (AvgIpc) is 3.08. The lowest BCUT2D eigenvalue weighted by Gasteiger charge is -2.03. The van der Waals surface area contributed by atoms with Crippen LogP contribution in [0.5, 0.6) is 5.88 Å². The van der Waals surface area contributed by atoms with Crippen molar-refractivity contribution in [2.45, 2.75) is 5.16 Å². The van der Waals surface area contributed by atoms with E-state index in [1.54, 1.807) is 0 Å². The Bertz CT molecular complexity index is 924. The summed E-state index contributed by atoms with van der Waals surface area (Å²) in [4.78, 5) is 34.5. The summed E-state index contributed by atoms with van der Waals surface area (Å²) in [5.41, 5.74) is 1.47. The molecule has 9 heteroatoms. The first-order valence-electron chi connectivity index (χ1n) is 7.23. The first-order valence-corrected chi connectivity index (χ1v) is 9.09. The number of aromatic amines is 1. The number of benzene rings is 1. The van der Waals surface area contributed by atoms with Crippen molar-refractivity contribution in [3.8, 4) is 17.1 Å². The molecule has 7 nitrogen and oxygen atoms in total. The van der Waals surface area contributed by atoms with Gasteiger partial charge in [0.15, 0.2) is 10.3 Å². The molecule has 128 valence electrons. The Morgan fingerprint density at radius 1 is 1.32 bits per heavy atom. The van der Waals surface area contributed by atoms with Crippen LogP contribution in [0.3, 0.4) is 0 Å². The number of hydrogen-bond acceptors (Lipinski definition) is 7. The fourth-order valence-corrected chi connectivity index (χ4v) is 3.35. The average molecular weight is 374 g/mol.